The fourth-order valence-corrected chi connectivity index (χ4v) is 12.8. The van der Waals surface area contributed by atoms with E-state index in [9.17, 15) is 0 Å². The first-order valence-corrected chi connectivity index (χ1v) is 23.4. The molecule has 6 heterocycles. The van der Waals surface area contributed by atoms with E-state index < -0.39 is 0 Å². The molecule has 0 spiro atoms. The normalized spacial score (nSPS) is 13.9. The van der Waals surface area contributed by atoms with E-state index in [1.165, 1.54) is 111 Å². The predicted molar refractivity (Wildman–Crippen MR) is 284 cm³/mol. The average Bonchev–Trinajstić information content (AvgIpc) is 3.92. The van der Waals surface area contributed by atoms with Crippen LogP contribution in [0.4, 0.5) is 62.6 Å². The molecule has 0 amide bonds. The van der Waals surface area contributed by atoms with Gasteiger partial charge in [-0.2, -0.15) is 0 Å². The number of aromatic nitrogens is 1. The van der Waals surface area contributed by atoms with Gasteiger partial charge in [0.2, 0.25) is 0 Å². The van der Waals surface area contributed by atoms with Crippen LogP contribution in [0, 0.1) is 0 Å². The molecule has 12 aromatic rings. The zero-order chi connectivity index (χ0) is 43.5. The molecular weight excluding hydrogens is 812 g/mol. The van der Waals surface area contributed by atoms with Gasteiger partial charge in [-0.3, -0.25) is 0 Å². The third-order valence-corrected chi connectivity index (χ3v) is 15.2. The first-order valence-electron chi connectivity index (χ1n) is 23.4. The second kappa shape index (κ2) is 13.0. The zero-order valence-electron chi connectivity index (χ0n) is 36.2. The van der Waals surface area contributed by atoms with Crippen LogP contribution in [0.3, 0.4) is 0 Å². The van der Waals surface area contributed by atoms with Crippen LogP contribution >= 0.6 is 0 Å². The third kappa shape index (κ3) is 4.51. The Morgan fingerprint density at radius 1 is 0.343 bits per heavy atom. The van der Waals surface area contributed by atoms with Crippen molar-refractivity contribution in [1.29, 1.82) is 0 Å². The van der Waals surface area contributed by atoms with Crippen LogP contribution in [0.5, 0.6) is 0 Å². The van der Waals surface area contributed by atoms with Crippen LogP contribution < -0.4 is 52.8 Å². The van der Waals surface area contributed by atoms with Crippen LogP contribution in [0.2, 0.25) is 0 Å². The molecule has 2 aromatic heterocycles. The predicted octanol–water partition coefficient (Wildman–Crippen LogP) is 11.3. The Morgan fingerprint density at radius 2 is 0.866 bits per heavy atom. The van der Waals surface area contributed by atoms with Crippen molar-refractivity contribution < 1.29 is 0 Å². The van der Waals surface area contributed by atoms with Crippen molar-refractivity contribution in [3.63, 3.8) is 0 Å². The first-order chi connectivity index (χ1) is 33.3. The van der Waals surface area contributed by atoms with Gasteiger partial charge in [-0.1, -0.05) is 133 Å². The van der Waals surface area contributed by atoms with E-state index in [1.54, 1.807) is 0 Å². The molecule has 4 aliphatic heterocycles. The Kier molecular flexibility index (Phi) is 6.91. The van der Waals surface area contributed by atoms with Gasteiger partial charge >= 0.3 is 0 Å². The zero-order valence-corrected chi connectivity index (χ0v) is 36.2. The molecule has 0 saturated carbocycles. The minimum Gasteiger partial charge on any atom is -0.356 e. The van der Waals surface area contributed by atoms with Crippen molar-refractivity contribution in [2.24, 2.45) is 0 Å². The molecule has 10 aromatic carbocycles. The number of hydrogen-bond donors (Lipinski definition) is 1. The lowest BCUT2D eigenvalue weighted by molar-refractivity contribution is 1.26. The molecule has 7 heteroatoms. The van der Waals surface area contributed by atoms with Gasteiger partial charge in [0.05, 0.1) is 22.2 Å². The highest BCUT2D eigenvalue weighted by atomic mass is 15.2. The minimum absolute atomic E-state index is 0.00710. The summed E-state index contributed by atoms with van der Waals surface area (Å²) in [6, 6.07) is 81.1. The minimum atomic E-state index is 0.00710. The molecule has 0 fully saturated rings. The van der Waals surface area contributed by atoms with Gasteiger partial charge in [0, 0.05) is 78.4 Å². The molecule has 0 unspecified atom stereocenters. The van der Waals surface area contributed by atoms with Crippen LogP contribution in [0.1, 0.15) is 0 Å². The number of fused-ring (bicyclic) bond motifs is 16. The number of nitrogens with zero attached hydrogens (tertiary/aromatic N) is 4. The van der Waals surface area contributed by atoms with Gasteiger partial charge < -0.3 is 24.4 Å². The fraction of sp³-hybridized carbons (Fsp3) is 0. The maximum atomic E-state index is 4.13. The number of rotatable bonds is 3. The Bertz CT molecular complexity index is 4060. The van der Waals surface area contributed by atoms with E-state index in [0.29, 0.717) is 0 Å². The van der Waals surface area contributed by atoms with Gasteiger partial charge in [-0.25, -0.2) is 0 Å². The molecular formula is C60H37B2N5. The molecule has 5 nitrogen and oxygen atoms in total. The van der Waals surface area contributed by atoms with Gasteiger partial charge in [0.15, 0.2) is 0 Å². The summed E-state index contributed by atoms with van der Waals surface area (Å²) in [4.78, 5) is 7.51. The van der Waals surface area contributed by atoms with Crippen LogP contribution in [0.15, 0.2) is 218 Å². The van der Waals surface area contributed by atoms with Gasteiger partial charge in [-0.15, -0.1) is 0 Å². The molecule has 1 N–H and O–H groups in total. The van der Waals surface area contributed by atoms with Gasteiger partial charge in [0.25, 0.3) is 13.4 Å². The van der Waals surface area contributed by atoms with E-state index in [4.69, 9.17) is 0 Å². The fourth-order valence-electron chi connectivity index (χ4n) is 12.8. The molecule has 4 aliphatic rings. The van der Waals surface area contributed by atoms with Crippen molar-refractivity contribution in [3.05, 3.63) is 218 Å². The van der Waals surface area contributed by atoms with E-state index in [2.05, 4.69) is 243 Å². The average molecular weight is 850 g/mol. The SMILES string of the molecule is c1ccc(N2c3ccccc3B3c4cc5c6c7c(ccc6n6c8ccccc8c(c4Nc4cccc2c43)c56)B2c3ccccc3N(c3ccccc3)c3cccc(c32)N7c2ccccc2)cc1. The van der Waals surface area contributed by atoms with Gasteiger partial charge in [0.1, 0.15) is 0 Å². The smallest absolute Gasteiger partial charge is 0.252 e. The Morgan fingerprint density at radius 3 is 1.54 bits per heavy atom. The lowest BCUT2D eigenvalue weighted by Gasteiger charge is -2.44. The van der Waals surface area contributed by atoms with E-state index in [1.807, 2.05) is 0 Å². The largest absolute Gasteiger partial charge is 0.356 e. The molecule has 308 valence electrons. The monoisotopic (exact) mass is 849 g/mol. The summed E-state index contributed by atoms with van der Waals surface area (Å²) in [5.74, 6) is 0. The molecule has 0 radical (unpaired) electrons. The van der Waals surface area contributed by atoms with E-state index >= 15 is 0 Å². The first kappa shape index (κ1) is 35.7. The second-order valence-electron chi connectivity index (χ2n) is 18.4. The summed E-state index contributed by atoms with van der Waals surface area (Å²) in [5.41, 5.74) is 24.7. The summed E-state index contributed by atoms with van der Waals surface area (Å²) < 4.78 is 2.57. The standard InChI is InChI=1S/C60H37B2N5/c1-4-18-37(19-5-1)64-49-30-15-12-26-43(49)62-45-36-41-54-50(67-47-28-13-10-24-40(47)55(59(41)67)58(45)63-46-27-16-31-51(64)56(46)62)35-34-44-60(54)66(39-22-8-3-9-23-39)53-33-17-32-52-57(53)61(44)42-25-11-14-29-48(42)65(52)38-20-6-2-7-21-38/h1-36,63H. The molecule has 0 atom stereocenters. The summed E-state index contributed by atoms with van der Waals surface area (Å²) in [6.07, 6.45) is 0. The van der Waals surface area contributed by atoms with Crippen LogP contribution in [-0.4, -0.2) is 17.8 Å². The lowest BCUT2D eigenvalue weighted by Crippen LogP contribution is -2.61. The molecule has 67 heavy (non-hydrogen) atoms. The molecule has 16 rings (SSSR count). The molecule has 0 bridgehead atoms. The van der Waals surface area contributed by atoms with Crippen LogP contribution in [0.25, 0.3) is 38.1 Å². The molecule has 0 aliphatic carbocycles. The number of anilines is 11. The number of para-hydroxylation sites is 6. The summed E-state index contributed by atoms with van der Waals surface area (Å²) in [7, 11) is 0. The van der Waals surface area contributed by atoms with Crippen molar-refractivity contribution >= 4 is 147 Å². The van der Waals surface area contributed by atoms with Crippen molar-refractivity contribution in [2.45, 2.75) is 0 Å². The quantitative estimate of drug-likeness (QED) is 0.179. The van der Waals surface area contributed by atoms with E-state index in [-0.39, 0.29) is 13.4 Å². The Hall–Kier alpha value is -8.67. The van der Waals surface area contributed by atoms with E-state index in [0.717, 1.165) is 22.7 Å². The lowest BCUT2D eigenvalue weighted by atomic mass is 9.33. The van der Waals surface area contributed by atoms with Crippen LogP contribution in [-0.2, 0) is 0 Å². The Labute approximate surface area is 387 Å². The van der Waals surface area contributed by atoms with Gasteiger partial charge in [-0.05, 0) is 118 Å². The summed E-state index contributed by atoms with van der Waals surface area (Å²) in [5, 5.41) is 9.22. The highest BCUT2D eigenvalue weighted by molar-refractivity contribution is 7.01. The summed E-state index contributed by atoms with van der Waals surface area (Å²) in [6.45, 7) is 0.0189. The number of hydrogen-bond acceptors (Lipinski definition) is 4. The Balaban J connectivity index is 1.04. The maximum absolute atomic E-state index is 4.13. The second-order valence-corrected chi connectivity index (χ2v) is 18.4. The summed E-state index contributed by atoms with van der Waals surface area (Å²) >= 11 is 0. The van der Waals surface area contributed by atoms with Crippen molar-refractivity contribution in [3.8, 4) is 0 Å². The third-order valence-electron chi connectivity index (χ3n) is 15.2. The number of benzene rings is 10. The number of nitrogens with one attached hydrogen (secondary N) is 1. The maximum Gasteiger partial charge on any atom is 0.252 e. The molecule has 0 saturated heterocycles. The highest BCUT2D eigenvalue weighted by Crippen LogP contribution is 2.51. The topological polar surface area (TPSA) is 26.2 Å². The van der Waals surface area contributed by atoms with Crippen molar-refractivity contribution in [1.82, 2.24) is 4.40 Å². The van der Waals surface area contributed by atoms with Crippen molar-refractivity contribution in [2.75, 3.05) is 20.0 Å². The highest BCUT2D eigenvalue weighted by Gasteiger charge is 2.46.